The van der Waals surface area contributed by atoms with Crippen LogP contribution in [-0.4, -0.2) is 16.4 Å². The van der Waals surface area contributed by atoms with E-state index in [4.69, 9.17) is 0 Å². The van der Waals surface area contributed by atoms with Crippen LogP contribution in [0.5, 0.6) is 0 Å². The van der Waals surface area contributed by atoms with E-state index in [2.05, 4.69) is 52.8 Å². The number of nitrogens with zero attached hydrogens (tertiary/aromatic N) is 3. The molecule has 1 N–H and O–H groups in total. The number of fused-ring (bicyclic) bond motifs is 1. The van der Waals surface area contributed by atoms with Gasteiger partial charge in [-0.2, -0.15) is 10.2 Å². The summed E-state index contributed by atoms with van der Waals surface area (Å²) in [6, 6.07) is 14.2. The van der Waals surface area contributed by atoms with Crippen LogP contribution in [0.2, 0.25) is 0 Å². The number of hydrogen-bond acceptors (Lipinski definition) is 4. The Morgan fingerprint density at radius 1 is 1.10 bits per heavy atom. The summed E-state index contributed by atoms with van der Waals surface area (Å²) in [5, 5.41) is 14.4. The summed E-state index contributed by atoms with van der Waals surface area (Å²) in [5.41, 5.74) is 6.50. The molecule has 0 aliphatic heterocycles. The molecule has 0 amide bonds. The number of hydrogen-bond donors (Lipinski definition) is 1. The Balaban J connectivity index is 1.84. The second-order valence-corrected chi connectivity index (χ2v) is 5.01. The third-order valence-corrected chi connectivity index (χ3v) is 3.37. The van der Waals surface area contributed by atoms with E-state index in [0.717, 1.165) is 16.3 Å². The van der Waals surface area contributed by atoms with Crippen LogP contribution in [0.25, 0.3) is 10.8 Å². The van der Waals surface area contributed by atoms with Gasteiger partial charge >= 0.3 is 0 Å². The Kier molecular flexibility index (Phi) is 3.60. The van der Waals surface area contributed by atoms with E-state index in [0.29, 0.717) is 5.82 Å². The predicted molar refractivity (Wildman–Crippen MR) is 86.7 cm³/mol. The van der Waals surface area contributed by atoms with Crippen molar-refractivity contribution in [3.05, 3.63) is 65.4 Å². The highest BCUT2D eigenvalue weighted by molar-refractivity contribution is 5.91. The molecule has 0 saturated heterocycles. The SMILES string of the molecule is Cc1ccc(C=NNc2nncc3ccccc23)c(C)c1. The van der Waals surface area contributed by atoms with E-state index in [1.165, 1.54) is 11.1 Å². The van der Waals surface area contributed by atoms with Crippen molar-refractivity contribution in [3.8, 4) is 0 Å². The molecule has 4 nitrogen and oxygen atoms in total. The molecule has 0 saturated carbocycles. The van der Waals surface area contributed by atoms with Crippen molar-refractivity contribution >= 4 is 22.8 Å². The van der Waals surface area contributed by atoms with Gasteiger partial charge in [0.15, 0.2) is 5.82 Å². The molecule has 0 bridgehead atoms. The van der Waals surface area contributed by atoms with Crippen LogP contribution in [0.15, 0.2) is 53.8 Å². The molecule has 2 aromatic carbocycles. The first-order chi connectivity index (χ1) is 10.2. The number of hydrazone groups is 1. The molecule has 1 aromatic heterocycles. The van der Waals surface area contributed by atoms with Gasteiger partial charge in [-0.05, 0) is 25.0 Å². The predicted octanol–water partition coefficient (Wildman–Crippen LogP) is 3.69. The first-order valence-corrected chi connectivity index (χ1v) is 6.81. The quantitative estimate of drug-likeness (QED) is 0.586. The Hall–Kier alpha value is -2.75. The van der Waals surface area contributed by atoms with E-state index in [-0.39, 0.29) is 0 Å². The Morgan fingerprint density at radius 3 is 2.81 bits per heavy atom. The van der Waals surface area contributed by atoms with Gasteiger partial charge in [-0.15, -0.1) is 5.10 Å². The van der Waals surface area contributed by atoms with Crippen molar-refractivity contribution in [2.24, 2.45) is 5.10 Å². The summed E-state index contributed by atoms with van der Waals surface area (Å²) in [7, 11) is 0. The fraction of sp³-hybridized carbons (Fsp3) is 0.118. The van der Waals surface area contributed by atoms with Crippen LogP contribution in [-0.2, 0) is 0 Å². The molecule has 0 aliphatic rings. The monoisotopic (exact) mass is 276 g/mol. The number of aryl methyl sites for hydroxylation is 2. The van der Waals surface area contributed by atoms with Crippen molar-refractivity contribution in [3.63, 3.8) is 0 Å². The summed E-state index contributed by atoms with van der Waals surface area (Å²) in [6.07, 6.45) is 3.55. The molecule has 4 heteroatoms. The highest BCUT2D eigenvalue weighted by Crippen LogP contribution is 2.19. The summed E-state index contributed by atoms with van der Waals surface area (Å²) in [4.78, 5) is 0. The largest absolute Gasteiger partial charge is 0.259 e. The normalized spacial score (nSPS) is 11.1. The lowest BCUT2D eigenvalue weighted by Crippen LogP contribution is -1.97. The van der Waals surface area contributed by atoms with Crippen molar-refractivity contribution in [1.82, 2.24) is 10.2 Å². The highest BCUT2D eigenvalue weighted by Gasteiger charge is 2.01. The van der Waals surface area contributed by atoms with Gasteiger partial charge in [0, 0.05) is 10.8 Å². The lowest BCUT2D eigenvalue weighted by Gasteiger charge is -2.04. The van der Waals surface area contributed by atoms with Crippen molar-refractivity contribution in [1.29, 1.82) is 0 Å². The van der Waals surface area contributed by atoms with E-state index in [9.17, 15) is 0 Å². The van der Waals surface area contributed by atoms with Gasteiger partial charge in [-0.25, -0.2) is 0 Å². The number of nitrogens with one attached hydrogen (secondary N) is 1. The maximum atomic E-state index is 4.27. The van der Waals surface area contributed by atoms with Crippen molar-refractivity contribution in [2.45, 2.75) is 13.8 Å². The van der Waals surface area contributed by atoms with Gasteiger partial charge < -0.3 is 0 Å². The highest BCUT2D eigenvalue weighted by atomic mass is 15.3. The molecule has 0 aliphatic carbocycles. The molecule has 0 unspecified atom stereocenters. The summed E-state index contributed by atoms with van der Waals surface area (Å²) < 4.78 is 0. The van der Waals surface area contributed by atoms with Crippen LogP contribution >= 0.6 is 0 Å². The van der Waals surface area contributed by atoms with E-state index < -0.39 is 0 Å². The topological polar surface area (TPSA) is 50.2 Å². The van der Waals surface area contributed by atoms with Crippen LogP contribution in [0.1, 0.15) is 16.7 Å². The van der Waals surface area contributed by atoms with Crippen LogP contribution in [0, 0.1) is 13.8 Å². The summed E-state index contributed by atoms with van der Waals surface area (Å²) in [5.74, 6) is 0.661. The number of aromatic nitrogens is 2. The first kappa shape index (κ1) is 13.2. The molecule has 0 atom stereocenters. The average Bonchev–Trinajstić information content (AvgIpc) is 2.50. The minimum absolute atomic E-state index is 0.661. The zero-order chi connectivity index (χ0) is 14.7. The van der Waals surface area contributed by atoms with Gasteiger partial charge in [0.25, 0.3) is 0 Å². The van der Waals surface area contributed by atoms with Crippen LogP contribution < -0.4 is 5.43 Å². The molecule has 0 spiro atoms. The Labute approximate surface area is 123 Å². The van der Waals surface area contributed by atoms with Gasteiger partial charge in [0.2, 0.25) is 0 Å². The van der Waals surface area contributed by atoms with Crippen molar-refractivity contribution < 1.29 is 0 Å². The van der Waals surface area contributed by atoms with E-state index in [1.807, 2.05) is 24.3 Å². The van der Waals surface area contributed by atoms with Crippen LogP contribution in [0.4, 0.5) is 5.82 Å². The minimum atomic E-state index is 0.661. The second kappa shape index (κ2) is 5.71. The fourth-order valence-corrected chi connectivity index (χ4v) is 2.24. The zero-order valence-electron chi connectivity index (χ0n) is 12.0. The molecule has 1 heterocycles. The maximum Gasteiger partial charge on any atom is 0.176 e. The minimum Gasteiger partial charge on any atom is -0.259 e. The molecule has 3 rings (SSSR count). The van der Waals surface area contributed by atoms with Gasteiger partial charge in [0.05, 0.1) is 12.4 Å². The molecule has 0 radical (unpaired) electrons. The van der Waals surface area contributed by atoms with Crippen molar-refractivity contribution in [2.75, 3.05) is 5.43 Å². The van der Waals surface area contributed by atoms with Gasteiger partial charge in [-0.3, -0.25) is 5.43 Å². The lowest BCUT2D eigenvalue weighted by molar-refractivity contribution is 1.04. The standard InChI is InChI=1S/C17H16N4/c1-12-7-8-14(13(2)9-12)10-18-20-17-16-6-4-3-5-15(16)11-19-21-17/h3-11H,1-2H3,(H,20,21). The molecular formula is C17H16N4. The smallest absolute Gasteiger partial charge is 0.176 e. The third-order valence-electron chi connectivity index (χ3n) is 3.37. The first-order valence-electron chi connectivity index (χ1n) is 6.81. The molecule has 3 aromatic rings. The summed E-state index contributed by atoms with van der Waals surface area (Å²) >= 11 is 0. The van der Waals surface area contributed by atoms with E-state index >= 15 is 0 Å². The Bertz CT molecular complexity index is 803. The Morgan fingerprint density at radius 2 is 1.95 bits per heavy atom. The molecular weight excluding hydrogens is 260 g/mol. The molecule has 21 heavy (non-hydrogen) atoms. The zero-order valence-corrected chi connectivity index (χ0v) is 12.0. The van der Waals surface area contributed by atoms with Gasteiger partial charge in [0.1, 0.15) is 0 Å². The average molecular weight is 276 g/mol. The number of benzene rings is 2. The second-order valence-electron chi connectivity index (χ2n) is 5.01. The lowest BCUT2D eigenvalue weighted by atomic mass is 10.1. The molecule has 0 fully saturated rings. The van der Waals surface area contributed by atoms with E-state index in [1.54, 1.807) is 12.4 Å². The summed E-state index contributed by atoms with van der Waals surface area (Å²) in [6.45, 7) is 4.16. The molecule has 104 valence electrons. The van der Waals surface area contributed by atoms with Crippen LogP contribution in [0.3, 0.4) is 0 Å². The number of anilines is 1. The fourth-order valence-electron chi connectivity index (χ4n) is 2.24. The van der Waals surface area contributed by atoms with Gasteiger partial charge in [-0.1, -0.05) is 48.0 Å². The maximum absolute atomic E-state index is 4.27. The third kappa shape index (κ3) is 2.89. The number of rotatable bonds is 3.